The summed E-state index contributed by atoms with van der Waals surface area (Å²) in [5.74, 6) is -0.549. The van der Waals surface area contributed by atoms with Gasteiger partial charge < -0.3 is 28.5 Å². The van der Waals surface area contributed by atoms with Crippen LogP contribution in [0, 0.1) is 0 Å². The number of phosphoric ester groups is 1. The Morgan fingerprint density at radius 2 is 0.782 bits per heavy atom. The van der Waals surface area contributed by atoms with Crippen LogP contribution in [0.25, 0.3) is 0 Å². The molecule has 0 bridgehead atoms. The number of carbonyl (C=O) groups excluding carboxylic acids is 2. The Balaban J connectivity index is 5.21. The zero-order chi connectivity index (χ0) is 57.2. The summed E-state index contributed by atoms with van der Waals surface area (Å²) in [6, 6.07) is -0.897. The summed E-state index contributed by atoms with van der Waals surface area (Å²) in [4.78, 5) is 40.1. The standard InChI is InChI=1S/C68H125N2O7P/c1-7-10-13-16-19-22-25-28-30-32-34-35-37-38-40-42-45-48-51-54-57-60-67(71)69-65(64-76-78(73,74)75-63-62-70(4,5)6)66(59-56-53-50-47-44-27-24-21-18-15-12-9-3)77-68(72)61-58-55-52-49-46-43-41-39-36-33-31-29-26-23-20-17-14-11-8-2/h19-20,22-23,28-31,34-35,56,59,65-66H,7-18,21,24-27,32-33,36-55,57-58,60-64H2,1-6H3,(H-,69,71,73,74)/b22-19-,23-20-,30-28-,31-29-,35-34-,59-56+. The van der Waals surface area contributed by atoms with Crippen LogP contribution in [0.2, 0.25) is 0 Å². The van der Waals surface area contributed by atoms with E-state index in [1.807, 2.05) is 33.3 Å². The molecule has 0 aliphatic rings. The summed E-state index contributed by atoms with van der Waals surface area (Å²) >= 11 is 0. The Morgan fingerprint density at radius 1 is 0.449 bits per heavy atom. The lowest BCUT2D eigenvalue weighted by molar-refractivity contribution is -0.870. The van der Waals surface area contributed by atoms with Crippen LogP contribution in [0.15, 0.2) is 72.9 Å². The smallest absolute Gasteiger partial charge is 0.306 e. The van der Waals surface area contributed by atoms with Gasteiger partial charge in [0.1, 0.15) is 19.3 Å². The lowest BCUT2D eigenvalue weighted by Gasteiger charge is -2.30. The minimum Gasteiger partial charge on any atom is -0.756 e. The molecular weight excluding hydrogens is 988 g/mol. The molecule has 0 saturated carbocycles. The largest absolute Gasteiger partial charge is 0.756 e. The van der Waals surface area contributed by atoms with Gasteiger partial charge in [-0.25, -0.2) is 0 Å². The molecule has 454 valence electrons. The topological polar surface area (TPSA) is 114 Å². The van der Waals surface area contributed by atoms with E-state index in [0.29, 0.717) is 17.4 Å². The lowest BCUT2D eigenvalue weighted by atomic mass is 10.0. The van der Waals surface area contributed by atoms with Gasteiger partial charge in [-0.15, -0.1) is 0 Å². The molecule has 9 nitrogen and oxygen atoms in total. The van der Waals surface area contributed by atoms with Gasteiger partial charge in [0, 0.05) is 12.8 Å². The van der Waals surface area contributed by atoms with Gasteiger partial charge in [-0.2, -0.15) is 0 Å². The van der Waals surface area contributed by atoms with Gasteiger partial charge in [0.15, 0.2) is 0 Å². The zero-order valence-electron chi connectivity index (χ0n) is 51.9. The second kappa shape index (κ2) is 57.7. The first-order valence-corrected chi connectivity index (χ1v) is 34.2. The van der Waals surface area contributed by atoms with Crippen molar-refractivity contribution < 1.29 is 37.3 Å². The quantitative estimate of drug-likeness (QED) is 0.0212. The van der Waals surface area contributed by atoms with Crippen LogP contribution in [0.4, 0.5) is 0 Å². The average molecular weight is 1110 g/mol. The second-order valence-corrected chi connectivity index (χ2v) is 24.7. The van der Waals surface area contributed by atoms with Crippen LogP contribution >= 0.6 is 7.82 Å². The van der Waals surface area contributed by atoms with Gasteiger partial charge in [-0.3, -0.25) is 14.2 Å². The highest BCUT2D eigenvalue weighted by molar-refractivity contribution is 7.45. The van der Waals surface area contributed by atoms with E-state index < -0.39 is 26.6 Å². The van der Waals surface area contributed by atoms with Crippen molar-refractivity contribution in [1.29, 1.82) is 0 Å². The third-order valence-electron chi connectivity index (χ3n) is 14.4. The molecule has 0 aliphatic heterocycles. The lowest BCUT2D eigenvalue weighted by Crippen LogP contribution is -2.47. The molecule has 0 aromatic rings. The van der Waals surface area contributed by atoms with Crippen molar-refractivity contribution in [3.05, 3.63) is 72.9 Å². The fourth-order valence-electron chi connectivity index (χ4n) is 9.27. The average Bonchev–Trinajstić information content (AvgIpc) is 3.40. The number of rotatable bonds is 59. The predicted octanol–water partition coefficient (Wildman–Crippen LogP) is 19.8. The van der Waals surface area contributed by atoms with Crippen LogP contribution in [0.3, 0.4) is 0 Å². The minimum atomic E-state index is -4.71. The molecule has 0 rings (SSSR count). The summed E-state index contributed by atoms with van der Waals surface area (Å²) < 4.78 is 30.4. The van der Waals surface area contributed by atoms with Gasteiger partial charge in [-0.05, 0) is 102 Å². The number of hydrogen-bond donors (Lipinski definition) is 1. The maximum Gasteiger partial charge on any atom is 0.306 e. The molecule has 1 N–H and O–H groups in total. The van der Waals surface area contributed by atoms with Crippen molar-refractivity contribution in [2.45, 2.75) is 309 Å². The molecule has 0 aromatic carbocycles. The number of hydrogen-bond acceptors (Lipinski definition) is 7. The first-order valence-electron chi connectivity index (χ1n) is 32.7. The highest BCUT2D eigenvalue weighted by Gasteiger charge is 2.27. The zero-order valence-corrected chi connectivity index (χ0v) is 52.8. The van der Waals surface area contributed by atoms with Gasteiger partial charge in [0.2, 0.25) is 5.91 Å². The van der Waals surface area contributed by atoms with E-state index in [9.17, 15) is 19.0 Å². The number of nitrogens with zero attached hydrogens (tertiary/aromatic N) is 1. The molecule has 0 aromatic heterocycles. The number of quaternary nitrogens is 1. The molecule has 0 fully saturated rings. The van der Waals surface area contributed by atoms with Crippen LogP contribution < -0.4 is 10.2 Å². The van der Waals surface area contributed by atoms with Gasteiger partial charge >= 0.3 is 5.97 Å². The summed E-state index contributed by atoms with van der Waals surface area (Å²) in [6.07, 6.45) is 74.3. The molecule has 78 heavy (non-hydrogen) atoms. The third-order valence-corrected chi connectivity index (χ3v) is 15.3. The van der Waals surface area contributed by atoms with Crippen molar-refractivity contribution in [2.75, 3.05) is 40.9 Å². The fourth-order valence-corrected chi connectivity index (χ4v) is 9.99. The predicted molar refractivity (Wildman–Crippen MR) is 335 cm³/mol. The number of amides is 1. The Kier molecular flexibility index (Phi) is 55.8. The molecule has 0 spiro atoms. The number of unbranched alkanes of at least 4 members (excludes halogenated alkanes) is 33. The van der Waals surface area contributed by atoms with E-state index in [1.54, 1.807) is 0 Å². The number of nitrogens with one attached hydrogen (secondary N) is 1. The van der Waals surface area contributed by atoms with E-state index in [4.69, 9.17) is 13.8 Å². The van der Waals surface area contributed by atoms with Crippen molar-refractivity contribution in [3.63, 3.8) is 0 Å². The second-order valence-electron chi connectivity index (χ2n) is 23.3. The first-order chi connectivity index (χ1) is 37.9. The Morgan fingerprint density at radius 3 is 1.19 bits per heavy atom. The van der Waals surface area contributed by atoms with Crippen LogP contribution in [-0.2, 0) is 27.9 Å². The minimum absolute atomic E-state index is 0.0265. The normalized spacial score (nSPS) is 14.1. The van der Waals surface area contributed by atoms with Crippen molar-refractivity contribution >= 4 is 19.7 Å². The molecule has 10 heteroatoms. The van der Waals surface area contributed by atoms with Crippen LogP contribution in [-0.4, -0.2) is 69.4 Å². The van der Waals surface area contributed by atoms with E-state index in [2.05, 4.69) is 86.8 Å². The van der Waals surface area contributed by atoms with E-state index in [-0.39, 0.29) is 24.9 Å². The summed E-state index contributed by atoms with van der Waals surface area (Å²) in [5, 5.41) is 3.03. The summed E-state index contributed by atoms with van der Waals surface area (Å²) in [6.45, 7) is 6.80. The molecule has 0 heterocycles. The van der Waals surface area contributed by atoms with Gasteiger partial charge in [0.05, 0.1) is 33.8 Å². The fraction of sp³-hybridized carbons (Fsp3) is 0.794. The third kappa shape index (κ3) is 58.1. The Labute approximate surface area is 483 Å². The summed E-state index contributed by atoms with van der Waals surface area (Å²) in [7, 11) is 1.18. The number of ether oxygens (including phenoxy) is 1. The maximum atomic E-state index is 13.6. The highest BCUT2D eigenvalue weighted by Crippen LogP contribution is 2.38. The number of likely N-dealkylation sites (N-methyl/N-ethyl adjacent to an activating group) is 1. The van der Waals surface area contributed by atoms with E-state index >= 15 is 0 Å². The van der Waals surface area contributed by atoms with Gasteiger partial charge in [-0.1, -0.05) is 255 Å². The summed E-state index contributed by atoms with van der Waals surface area (Å²) in [5.41, 5.74) is 0. The van der Waals surface area contributed by atoms with E-state index in [1.165, 1.54) is 161 Å². The molecule has 0 saturated heterocycles. The molecule has 3 atom stereocenters. The Hall–Kier alpha value is -2.55. The molecule has 0 aliphatic carbocycles. The molecule has 0 radical (unpaired) electrons. The number of carbonyl (C=O) groups is 2. The number of allylic oxidation sites excluding steroid dienone is 11. The van der Waals surface area contributed by atoms with Crippen LogP contribution in [0.5, 0.6) is 0 Å². The molecule has 1 amide bonds. The van der Waals surface area contributed by atoms with E-state index in [0.717, 1.165) is 103 Å². The number of esters is 1. The highest BCUT2D eigenvalue weighted by atomic mass is 31.2. The monoisotopic (exact) mass is 1110 g/mol. The van der Waals surface area contributed by atoms with Gasteiger partial charge in [0.25, 0.3) is 7.82 Å². The SMILES string of the molecule is CCCCC/C=C\C/C=C\C/C=C\CCCCCCCCCCC(=O)NC(COP(=O)([O-])OCC[N+](C)(C)C)C(/C=C/CCCCCCCCCCCC)OC(=O)CCCCCCCCCCC/C=C\C/C=C\CCCCC. The van der Waals surface area contributed by atoms with Crippen molar-refractivity contribution in [3.8, 4) is 0 Å². The van der Waals surface area contributed by atoms with Crippen LogP contribution in [0.1, 0.15) is 297 Å². The number of phosphoric acid groups is 1. The first kappa shape index (κ1) is 75.5. The molecule has 3 unspecified atom stereocenters. The van der Waals surface area contributed by atoms with Crippen molar-refractivity contribution in [1.82, 2.24) is 5.32 Å². The maximum absolute atomic E-state index is 13.6. The van der Waals surface area contributed by atoms with Crippen molar-refractivity contribution in [2.24, 2.45) is 0 Å². The molecular formula is C68H125N2O7P. The Bertz CT molecular complexity index is 1570.